The molecule has 3 rings (SSSR count). The molecule has 5 heteroatoms. The second-order valence-corrected chi connectivity index (χ2v) is 6.87. The molecule has 134 valence electrons. The minimum absolute atomic E-state index is 0.0433. The molecule has 1 aromatic heterocycles. The smallest absolute Gasteiger partial charge is 0.289 e. The lowest BCUT2D eigenvalue weighted by molar-refractivity contribution is -0.121. The van der Waals surface area contributed by atoms with Crippen molar-refractivity contribution < 1.29 is 14.0 Å². The maximum atomic E-state index is 12.9. The molecule has 0 radical (unpaired) electrons. The van der Waals surface area contributed by atoms with Gasteiger partial charge < -0.3 is 14.6 Å². The van der Waals surface area contributed by atoms with Crippen molar-refractivity contribution >= 4 is 22.8 Å². The van der Waals surface area contributed by atoms with Crippen molar-refractivity contribution in [2.45, 2.75) is 39.5 Å². The number of likely N-dealkylation sites (tertiary alicyclic amines) is 1. The number of piperidine rings is 1. The number of carbonyl (C=O) groups is 2. The van der Waals surface area contributed by atoms with Crippen molar-refractivity contribution in [1.29, 1.82) is 0 Å². The average molecular weight is 342 g/mol. The molecule has 1 saturated heterocycles. The summed E-state index contributed by atoms with van der Waals surface area (Å²) in [6.45, 7) is 5.99. The quantitative estimate of drug-likeness (QED) is 0.904. The van der Waals surface area contributed by atoms with Gasteiger partial charge in [-0.05, 0) is 38.2 Å². The first-order valence-electron chi connectivity index (χ1n) is 9.14. The largest absolute Gasteiger partial charge is 0.451 e. The van der Waals surface area contributed by atoms with Crippen LogP contribution in [-0.2, 0) is 4.79 Å². The zero-order chi connectivity index (χ0) is 17.8. The lowest BCUT2D eigenvalue weighted by atomic mass is 9.97. The predicted molar refractivity (Wildman–Crippen MR) is 97.5 cm³/mol. The Morgan fingerprint density at radius 3 is 2.88 bits per heavy atom. The zero-order valence-corrected chi connectivity index (χ0v) is 15.0. The van der Waals surface area contributed by atoms with Gasteiger partial charge in [-0.25, -0.2) is 0 Å². The van der Waals surface area contributed by atoms with E-state index in [1.807, 2.05) is 43.0 Å². The number of hydrogen-bond donors (Lipinski definition) is 1. The Balaban J connectivity index is 1.67. The van der Waals surface area contributed by atoms with Crippen molar-refractivity contribution in [3.05, 3.63) is 35.6 Å². The molecule has 1 fully saturated rings. The van der Waals surface area contributed by atoms with Gasteiger partial charge in [-0.1, -0.05) is 25.1 Å². The number of aryl methyl sites for hydroxylation is 1. The molecule has 2 heterocycles. The second kappa shape index (κ2) is 7.72. The van der Waals surface area contributed by atoms with Gasteiger partial charge in [0, 0.05) is 37.0 Å². The van der Waals surface area contributed by atoms with E-state index in [1.165, 1.54) is 0 Å². The number of rotatable bonds is 5. The Hall–Kier alpha value is -2.30. The highest BCUT2D eigenvalue weighted by Crippen LogP contribution is 2.27. The van der Waals surface area contributed by atoms with Crippen molar-refractivity contribution in [2.24, 2.45) is 5.92 Å². The third kappa shape index (κ3) is 3.86. The molecule has 2 aromatic rings. The van der Waals surface area contributed by atoms with Crippen LogP contribution in [0.2, 0.25) is 0 Å². The molecule has 2 amide bonds. The molecule has 1 atom stereocenters. The number of amides is 2. The van der Waals surface area contributed by atoms with E-state index in [-0.39, 0.29) is 11.8 Å². The van der Waals surface area contributed by atoms with Crippen molar-refractivity contribution in [1.82, 2.24) is 10.2 Å². The number of para-hydroxylation sites is 1. The third-order valence-corrected chi connectivity index (χ3v) is 4.91. The summed E-state index contributed by atoms with van der Waals surface area (Å²) in [5, 5.41) is 3.98. The monoisotopic (exact) mass is 342 g/mol. The normalized spacial score (nSPS) is 17.7. The van der Waals surface area contributed by atoms with Crippen LogP contribution in [0.3, 0.4) is 0 Å². The van der Waals surface area contributed by atoms with Gasteiger partial charge in [0.05, 0.1) is 0 Å². The van der Waals surface area contributed by atoms with Crippen LogP contribution in [0.4, 0.5) is 0 Å². The zero-order valence-electron chi connectivity index (χ0n) is 15.0. The van der Waals surface area contributed by atoms with Gasteiger partial charge in [0.15, 0.2) is 5.76 Å². The maximum absolute atomic E-state index is 12.9. The Morgan fingerprint density at radius 2 is 2.12 bits per heavy atom. The van der Waals surface area contributed by atoms with E-state index in [4.69, 9.17) is 4.42 Å². The molecule has 0 bridgehead atoms. The topological polar surface area (TPSA) is 62.6 Å². The molecule has 1 N–H and O–H groups in total. The number of fused-ring (bicyclic) bond motifs is 1. The average Bonchev–Trinajstić information content (AvgIpc) is 2.97. The van der Waals surface area contributed by atoms with Gasteiger partial charge in [0.1, 0.15) is 5.58 Å². The molecular formula is C20H26N2O3. The van der Waals surface area contributed by atoms with Gasteiger partial charge in [0.25, 0.3) is 5.91 Å². The van der Waals surface area contributed by atoms with Crippen LogP contribution in [0.1, 0.15) is 48.7 Å². The van der Waals surface area contributed by atoms with Crippen molar-refractivity contribution in [3.8, 4) is 0 Å². The molecule has 1 aliphatic rings. The summed E-state index contributed by atoms with van der Waals surface area (Å²) in [7, 11) is 0. The van der Waals surface area contributed by atoms with Gasteiger partial charge in [-0.3, -0.25) is 9.59 Å². The molecule has 0 saturated carbocycles. The first-order chi connectivity index (χ1) is 12.1. The first-order valence-corrected chi connectivity index (χ1v) is 9.14. The van der Waals surface area contributed by atoms with Crippen molar-refractivity contribution in [2.75, 3.05) is 19.6 Å². The number of nitrogens with zero attached hydrogens (tertiary/aromatic N) is 1. The highest BCUT2D eigenvalue weighted by Gasteiger charge is 2.28. The summed E-state index contributed by atoms with van der Waals surface area (Å²) in [5.74, 6) is 0.803. The van der Waals surface area contributed by atoms with E-state index in [0.29, 0.717) is 31.2 Å². The minimum atomic E-state index is -0.0433. The van der Waals surface area contributed by atoms with E-state index < -0.39 is 0 Å². The fourth-order valence-electron chi connectivity index (χ4n) is 3.51. The van der Waals surface area contributed by atoms with E-state index in [2.05, 4.69) is 5.32 Å². The van der Waals surface area contributed by atoms with E-state index in [9.17, 15) is 9.59 Å². The predicted octanol–water partition coefficient (Wildman–Crippen LogP) is 3.51. The Kier molecular flexibility index (Phi) is 5.41. The summed E-state index contributed by atoms with van der Waals surface area (Å²) in [4.78, 5) is 26.4. The van der Waals surface area contributed by atoms with E-state index >= 15 is 0 Å². The van der Waals surface area contributed by atoms with E-state index in [1.54, 1.807) is 0 Å². The highest BCUT2D eigenvalue weighted by atomic mass is 16.3. The number of hydrogen-bond acceptors (Lipinski definition) is 3. The molecule has 0 aliphatic carbocycles. The van der Waals surface area contributed by atoms with Gasteiger partial charge in [-0.15, -0.1) is 0 Å². The Bertz CT molecular complexity index is 765. The van der Waals surface area contributed by atoms with Gasteiger partial charge in [0.2, 0.25) is 5.91 Å². The lowest BCUT2D eigenvalue weighted by Crippen LogP contribution is -2.43. The number of nitrogens with one attached hydrogen (secondary N) is 1. The Labute approximate surface area is 148 Å². The standard InChI is InChI=1S/C20H26N2O3/c1-3-7-18(23)21-12-15-8-6-11-22(13-15)20(24)19-14(2)16-9-4-5-10-17(16)25-19/h4-5,9-10,15H,3,6-8,11-13H2,1-2H3,(H,21,23)/t15-/m1/s1. The summed E-state index contributed by atoms with van der Waals surface area (Å²) >= 11 is 0. The number of carbonyl (C=O) groups excluding carboxylic acids is 2. The molecular weight excluding hydrogens is 316 g/mol. The van der Waals surface area contributed by atoms with Crippen LogP contribution in [-0.4, -0.2) is 36.3 Å². The first kappa shape index (κ1) is 17.5. The second-order valence-electron chi connectivity index (χ2n) is 6.87. The van der Waals surface area contributed by atoms with E-state index in [0.717, 1.165) is 42.3 Å². The fourth-order valence-corrected chi connectivity index (χ4v) is 3.51. The SMILES string of the molecule is CCCC(=O)NC[C@H]1CCCN(C(=O)c2oc3ccccc3c2C)C1. The van der Waals surface area contributed by atoms with Crippen LogP contribution in [0.5, 0.6) is 0 Å². The molecule has 5 nitrogen and oxygen atoms in total. The molecule has 1 aliphatic heterocycles. The molecule has 1 aromatic carbocycles. The van der Waals surface area contributed by atoms with Crippen LogP contribution >= 0.6 is 0 Å². The summed E-state index contributed by atoms with van der Waals surface area (Å²) in [6.07, 6.45) is 3.41. The highest BCUT2D eigenvalue weighted by molar-refractivity contribution is 5.98. The Morgan fingerprint density at radius 1 is 1.32 bits per heavy atom. The van der Waals surface area contributed by atoms with Crippen LogP contribution in [0.25, 0.3) is 11.0 Å². The molecule has 0 unspecified atom stereocenters. The fraction of sp³-hybridized carbons (Fsp3) is 0.500. The van der Waals surface area contributed by atoms with Crippen LogP contribution < -0.4 is 5.32 Å². The van der Waals surface area contributed by atoms with Gasteiger partial charge in [-0.2, -0.15) is 0 Å². The summed E-state index contributed by atoms with van der Waals surface area (Å²) in [6, 6.07) is 7.74. The van der Waals surface area contributed by atoms with Crippen LogP contribution in [0, 0.1) is 12.8 Å². The molecule has 0 spiro atoms. The number of furan rings is 1. The summed E-state index contributed by atoms with van der Waals surface area (Å²) < 4.78 is 5.82. The van der Waals surface area contributed by atoms with Gasteiger partial charge >= 0.3 is 0 Å². The summed E-state index contributed by atoms with van der Waals surface area (Å²) in [5.41, 5.74) is 1.66. The molecule has 25 heavy (non-hydrogen) atoms. The third-order valence-electron chi connectivity index (χ3n) is 4.91. The van der Waals surface area contributed by atoms with Crippen molar-refractivity contribution in [3.63, 3.8) is 0 Å². The van der Waals surface area contributed by atoms with Crippen LogP contribution in [0.15, 0.2) is 28.7 Å². The number of benzene rings is 1. The lowest BCUT2D eigenvalue weighted by Gasteiger charge is -2.32. The maximum Gasteiger partial charge on any atom is 0.289 e. The minimum Gasteiger partial charge on any atom is -0.451 e.